The average Bonchev–Trinajstić information content (AvgIpc) is 2.90. The van der Waals surface area contributed by atoms with E-state index < -0.39 is 11.7 Å². The molecule has 4 heterocycles. The van der Waals surface area contributed by atoms with Crippen molar-refractivity contribution in [2.45, 2.75) is 68.9 Å². The molecule has 4 aliphatic rings. The molecule has 4 fully saturated rings. The number of alkyl halides is 3. The molecule has 1 spiro atoms. The average molecular weight is 531 g/mol. The Kier molecular flexibility index (Phi) is 7.16. The maximum atomic E-state index is 13.2. The molecule has 3 aliphatic heterocycles. The largest absolute Gasteiger partial charge is 0.490 e. The van der Waals surface area contributed by atoms with E-state index in [0.29, 0.717) is 31.5 Å². The minimum absolute atomic E-state index is 0.297. The summed E-state index contributed by atoms with van der Waals surface area (Å²) in [6, 6.07) is 10.5. The number of likely N-dealkylation sites (tertiary alicyclic amines) is 1. The fourth-order valence-electron chi connectivity index (χ4n) is 6.33. The van der Waals surface area contributed by atoms with Crippen LogP contribution in [0.25, 0.3) is 0 Å². The highest BCUT2D eigenvalue weighted by atomic mass is 19.4. The highest BCUT2D eigenvalue weighted by Crippen LogP contribution is 2.36. The molecule has 6 nitrogen and oxygen atoms in total. The fraction of sp³-hybridized carbons (Fsp3) is 0.621. The van der Waals surface area contributed by atoms with Crippen molar-refractivity contribution in [2.75, 3.05) is 55.7 Å². The predicted molar refractivity (Wildman–Crippen MR) is 141 cm³/mol. The highest BCUT2D eigenvalue weighted by molar-refractivity contribution is 5.51. The molecule has 0 bridgehead atoms. The van der Waals surface area contributed by atoms with Gasteiger partial charge in [-0.15, -0.1) is 0 Å². The zero-order valence-corrected chi connectivity index (χ0v) is 21.8. The SMILES string of the molecule is FC(F)(F)c1cncc(N2CCOC3(CCN(c4ccc(OC5CCN(C6CCC6)CC5)cc4)CC3)C2)c1. The van der Waals surface area contributed by atoms with Gasteiger partial charge in [0.2, 0.25) is 0 Å². The molecule has 0 N–H and O–H groups in total. The Morgan fingerprint density at radius 3 is 2.26 bits per heavy atom. The van der Waals surface area contributed by atoms with E-state index in [0.717, 1.165) is 69.9 Å². The molecule has 38 heavy (non-hydrogen) atoms. The smallest absolute Gasteiger partial charge is 0.417 e. The molecular weight excluding hydrogens is 493 g/mol. The molecule has 3 saturated heterocycles. The summed E-state index contributed by atoms with van der Waals surface area (Å²) in [5.41, 5.74) is 0.619. The minimum atomic E-state index is -4.40. The lowest BCUT2D eigenvalue weighted by atomic mass is 9.89. The predicted octanol–water partition coefficient (Wildman–Crippen LogP) is 5.37. The second kappa shape index (κ2) is 10.6. The summed E-state index contributed by atoms with van der Waals surface area (Å²) >= 11 is 0. The number of pyridine rings is 1. The summed E-state index contributed by atoms with van der Waals surface area (Å²) in [7, 11) is 0. The third-order valence-electron chi connectivity index (χ3n) is 8.91. The van der Waals surface area contributed by atoms with Crippen LogP contribution in [0.15, 0.2) is 42.7 Å². The van der Waals surface area contributed by atoms with Crippen LogP contribution in [0, 0.1) is 0 Å². The molecule has 1 aromatic carbocycles. The Balaban J connectivity index is 1.01. The van der Waals surface area contributed by atoms with Crippen LogP contribution >= 0.6 is 0 Å². The molecular formula is C29H37F3N4O2. The third-order valence-corrected chi connectivity index (χ3v) is 8.91. The van der Waals surface area contributed by atoms with Crippen molar-refractivity contribution in [3.63, 3.8) is 0 Å². The van der Waals surface area contributed by atoms with Gasteiger partial charge in [0.25, 0.3) is 0 Å². The van der Waals surface area contributed by atoms with Gasteiger partial charge in [-0.25, -0.2) is 0 Å². The Morgan fingerprint density at radius 1 is 0.868 bits per heavy atom. The number of hydrogen-bond donors (Lipinski definition) is 0. The summed E-state index contributed by atoms with van der Waals surface area (Å²) < 4.78 is 52.1. The molecule has 1 saturated carbocycles. The Hall–Kier alpha value is -2.52. The summed E-state index contributed by atoms with van der Waals surface area (Å²) in [5, 5.41) is 0. The van der Waals surface area contributed by atoms with E-state index in [4.69, 9.17) is 9.47 Å². The standard InChI is InChI=1S/C29H37F3N4O2/c30-29(31,32)22-18-25(20-33-19-22)36-16-17-37-28(21-36)10-14-35(15-11-28)24-4-6-26(7-5-24)38-27-8-12-34(13-9-27)23-2-1-3-23/h4-7,18-20,23,27H,1-3,8-17,21H2. The number of morpholine rings is 1. The molecule has 206 valence electrons. The van der Waals surface area contributed by atoms with Gasteiger partial charge in [0.1, 0.15) is 11.9 Å². The molecule has 6 rings (SSSR count). The number of halogens is 3. The van der Waals surface area contributed by atoms with Crippen molar-refractivity contribution in [1.82, 2.24) is 9.88 Å². The summed E-state index contributed by atoms with van der Waals surface area (Å²) in [4.78, 5) is 10.8. The van der Waals surface area contributed by atoms with Crippen LogP contribution in [0.3, 0.4) is 0 Å². The topological polar surface area (TPSA) is 41.1 Å². The number of benzene rings is 1. The maximum Gasteiger partial charge on any atom is 0.417 e. The van der Waals surface area contributed by atoms with Crippen molar-refractivity contribution in [3.05, 3.63) is 48.3 Å². The van der Waals surface area contributed by atoms with Gasteiger partial charge >= 0.3 is 6.18 Å². The van der Waals surface area contributed by atoms with Crippen molar-refractivity contribution >= 4 is 11.4 Å². The molecule has 0 amide bonds. The first-order valence-corrected chi connectivity index (χ1v) is 14.0. The minimum Gasteiger partial charge on any atom is -0.490 e. The molecule has 0 atom stereocenters. The lowest BCUT2D eigenvalue weighted by molar-refractivity contribution is -0.137. The van der Waals surface area contributed by atoms with Gasteiger partial charge in [0.05, 0.1) is 29.7 Å². The van der Waals surface area contributed by atoms with E-state index in [-0.39, 0.29) is 5.60 Å². The van der Waals surface area contributed by atoms with Crippen LogP contribution in [-0.4, -0.2) is 73.5 Å². The van der Waals surface area contributed by atoms with Crippen LogP contribution in [0.5, 0.6) is 5.75 Å². The van der Waals surface area contributed by atoms with E-state index in [1.54, 1.807) is 0 Å². The molecule has 2 aromatic rings. The number of aromatic nitrogens is 1. The lowest BCUT2D eigenvalue weighted by Crippen LogP contribution is -2.57. The Morgan fingerprint density at radius 2 is 1.61 bits per heavy atom. The second-order valence-corrected chi connectivity index (χ2v) is 11.3. The normalized spacial score (nSPS) is 23.4. The van der Waals surface area contributed by atoms with Gasteiger partial charge < -0.3 is 24.2 Å². The van der Waals surface area contributed by atoms with E-state index in [2.05, 4.69) is 39.0 Å². The number of hydrogen-bond acceptors (Lipinski definition) is 6. The monoisotopic (exact) mass is 530 g/mol. The maximum absolute atomic E-state index is 13.2. The van der Waals surface area contributed by atoms with Crippen molar-refractivity contribution in [1.29, 1.82) is 0 Å². The Bertz CT molecular complexity index is 1080. The van der Waals surface area contributed by atoms with Crippen LogP contribution in [0.4, 0.5) is 24.5 Å². The first-order chi connectivity index (χ1) is 18.4. The lowest BCUT2D eigenvalue weighted by Gasteiger charge is -2.48. The quantitative estimate of drug-likeness (QED) is 0.518. The third kappa shape index (κ3) is 5.59. The first-order valence-electron chi connectivity index (χ1n) is 14.0. The second-order valence-electron chi connectivity index (χ2n) is 11.3. The van der Waals surface area contributed by atoms with Crippen LogP contribution in [-0.2, 0) is 10.9 Å². The molecule has 0 radical (unpaired) electrons. The number of ether oxygens (including phenoxy) is 2. The summed E-state index contributed by atoms with van der Waals surface area (Å²) in [6.45, 7) is 5.62. The van der Waals surface area contributed by atoms with Gasteiger partial charge in [-0.2, -0.15) is 13.2 Å². The number of piperidine rings is 2. The Labute approximate surface area is 222 Å². The summed E-state index contributed by atoms with van der Waals surface area (Å²) in [5.74, 6) is 0.935. The van der Waals surface area contributed by atoms with Gasteiger partial charge in [-0.05, 0) is 68.9 Å². The first kappa shape index (κ1) is 25.7. The van der Waals surface area contributed by atoms with E-state index in [9.17, 15) is 13.2 Å². The zero-order chi connectivity index (χ0) is 26.2. The molecule has 0 unspecified atom stereocenters. The fourth-order valence-corrected chi connectivity index (χ4v) is 6.33. The number of nitrogens with zero attached hydrogens (tertiary/aromatic N) is 4. The van der Waals surface area contributed by atoms with Crippen LogP contribution < -0.4 is 14.5 Å². The highest BCUT2D eigenvalue weighted by Gasteiger charge is 2.40. The van der Waals surface area contributed by atoms with Crippen molar-refractivity contribution < 1.29 is 22.6 Å². The van der Waals surface area contributed by atoms with Crippen molar-refractivity contribution in [3.8, 4) is 5.75 Å². The van der Waals surface area contributed by atoms with Gasteiger partial charge in [-0.3, -0.25) is 4.98 Å². The molecule has 9 heteroatoms. The summed E-state index contributed by atoms with van der Waals surface area (Å²) in [6.07, 6.45) is 6.26. The van der Waals surface area contributed by atoms with E-state index in [1.165, 1.54) is 37.2 Å². The zero-order valence-electron chi connectivity index (χ0n) is 21.8. The number of anilines is 2. The van der Waals surface area contributed by atoms with Gasteiger partial charge in [0.15, 0.2) is 0 Å². The van der Waals surface area contributed by atoms with Gasteiger partial charge in [0, 0.05) is 57.2 Å². The van der Waals surface area contributed by atoms with Crippen LogP contribution in [0.2, 0.25) is 0 Å². The van der Waals surface area contributed by atoms with E-state index in [1.807, 2.05) is 4.90 Å². The number of rotatable bonds is 5. The van der Waals surface area contributed by atoms with Gasteiger partial charge in [-0.1, -0.05) is 6.42 Å². The van der Waals surface area contributed by atoms with Crippen LogP contribution in [0.1, 0.15) is 50.5 Å². The van der Waals surface area contributed by atoms with E-state index >= 15 is 0 Å². The molecule has 1 aliphatic carbocycles. The van der Waals surface area contributed by atoms with Crippen molar-refractivity contribution in [2.24, 2.45) is 0 Å². The molecule has 1 aromatic heterocycles.